The van der Waals surface area contributed by atoms with Gasteiger partial charge in [0.25, 0.3) is 0 Å². The summed E-state index contributed by atoms with van der Waals surface area (Å²) in [4.78, 5) is 38.2. The van der Waals surface area contributed by atoms with E-state index in [-0.39, 0.29) is 29.7 Å². The average molecular weight is 335 g/mol. The number of carbonyl (C=O) groups excluding carboxylic acids is 3. The van der Waals surface area contributed by atoms with E-state index in [2.05, 4.69) is 17.6 Å². The highest BCUT2D eigenvalue weighted by Gasteiger charge is 2.49. The zero-order valence-electron chi connectivity index (χ0n) is 13.3. The van der Waals surface area contributed by atoms with Crippen LogP contribution >= 0.6 is 11.8 Å². The van der Waals surface area contributed by atoms with Crippen molar-refractivity contribution in [3.63, 3.8) is 0 Å². The Morgan fingerprint density at radius 3 is 2.61 bits per heavy atom. The maximum absolute atomic E-state index is 11.8. The molecule has 2 N–H and O–H groups in total. The quantitative estimate of drug-likeness (QED) is 0.583. The SMILES string of the molecule is CC1=C(SC2CNC(C3CC(=O)NC3=O)C2)C(C)C2CC(=O)N12. The number of hydrogen-bond acceptors (Lipinski definition) is 5. The van der Waals surface area contributed by atoms with E-state index in [1.165, 1.54) is 4.91 Å². The van der Waals surface area contributed by atoms with Gasteiger partial charge < -0.3 is 10.2 Å². The van der Waals surface area contributed by atoms with Crippen LogP contribution in [0, 0.1) is 11.8 Å². The van der Waals surface area contributed by atoms with Gasteiger partial charge in [-0.1, -0.05) is 6.92 Å². The molecule has 4 aliphatic rings. The first-order valence-corrected chi connectivity index (χ1v) is 9.10. The average Bonchev–Trinajstić information content (AvgIpc) is 3.11. The molecule has 5 unspecified atom stereocenters. The minimum Gasteiger partial charge on any atom is -0.312 e. The number of rotatable bonds is 3. The van der Waals surface area contributed by atoms with Crippen LogP contribution in [-0.2, 0) is 14.4 Å². The first-order valence-electron chi connectivity index (χ1n) is 8.22. The summed E-state index contributed by atoms with van der Waals surface area (Å²) in [6, 6.07) is 0.434. The molecule has 0 radical (unpaired) electrons. The van der Waals surface area contributed by atoms with Crippen molar-refractivity contribution < 1.29 is 14.4 Å². The summed E-state index contributed by atoms with van der Waals surface area (Å²) in [7, 11) is 0. The van der Waals surface area contributed by atoms with Crippen LogP contribution in [-0.4, -0.2) is 46.5 Å². The Morgan fingerprint density at radius 2 is 2.00 bits per heavy atom. The van der Waals surface area contributed by atoms with E-state index >= 15 is 0 Å². The number of carbonyl (C=O) groups is 3. The number of fused-ring (bicyclic) bond motifs is 1. The molecular weight excluding hydrogens is 314 g/mol. The van der Waals surface area contributed by atoms with Gasteiger partial charge >= 0.3 is 0 Å². The van der Waals surface area contributed by atoms with Crippen LogP contribution in [0.4, 0.5) is 0 Å². The maximum Gasteiger partial charge on any atom is 0.231 e. The standard InChI is InChI=1S/C16H21N3O3S/c1-7-12-5-14(21)19(12)8(2)15(7)23-9-3-11(17-6-9)10-4-13(20)18-16(10)22/h7,9-12,17H,3-6H2,1-2H3,(H,18,20,22). The van der Waals surface area contributed by atoms with Crippen LogP contribution in [0.25, 0.3) is 0 Å². The number of nitrogens with one attached hydrogen (secondary N) is 2. The summed E-state index contributed by atoms with van der Waals surface area (Å²) in [5, 5.41) is 6.20. The van der Waals surface area contributed by atoms with Crippen molar-refractivity contribution >= 4 is 29.5 Å². The van der Waals surface area contributed by atoms with Crippen molar-refractivity contribution in [2.75, 3.05) is 6.54 Å². The van der Waals surface area contributed by atoms with Crippen molar-refractivity contribution in [3.8, 4) is 0 Å². The first kappa shape index (κ1) is 15.2. The molecule has 0 aromatic carbocycles. The fraction of sp³-hybridized carbons (Fsp3) is 0.688. The number of amides is 3. The molecule has 0 bridgehead atoms. The summed E-state index contributed by atoms with van der Waals surface area (Å²) >= 11 is 1.85. The number of hydrogen-bond donors (Lipinski definition) is 2. The Balaban J connectivity index is 1.41. The Hall–Kier alpha value is -1.34. The van der Waals surface area contributed by atoms with Crippen molar-refractivity contribution in [2.45, 2.75) is 50.4 Å². The van der Waals surface area contributed by atoms with E-state index < -0.39 is 0 Å². The van der Waals surface area contributed by atoms with E-state index in [9.17, 15) is 14.4 Å². The molecule has 7 heteroatoms. The molecule has 23 heavy (non-hydrogen) atoms. The molecule has 3 fully saturated rings. The second kappa shape index (κ2) is 5.34. The lowest BCUT2D eigenvalue weighted by atomic mass is 9.94. The Morgan fingerprint density at radius 1 is 1.22 bits per heavy atom. The summed E-state index contributed by atoms with van der Waals surface area (Å²) < 4.78 is 0. The van der Waals surface area contributed by atoms with Gasteiger partial charge in [-0.3, -0.25) is 19.7 Å². The Labute approximate surface area is 139 Å². The van der Waals surface area contributed by atoms with E-state index in [1.807, 2.05) is 23.6 Å². The fourth-order valence-corrected chi connectivity index (χ4v) is 5.78. The highest BCUT2D eigenvalue weighted by Crippen LogP contribution is 2.48. The zero-order chi connectivity index (χ0) is 16.3. The van der Waals surface area contributed by atoms with Gasteiger partial charge in [0.1, 0.15) is 0 Å². The minimum absolute atomic E-state index is 0.0789. The largest absolute Gasteiger partial charge is 0.312 e. The van der Waals surface area contributed by atoms with Crippen molar-refractivity contribution in [2.24, 2.45) is 11.8 Å². The lowest BCUT2D eigenvalue weighted by molar-refractivity contribution is -0.142. The van der Waals surface area contributed by atoms with E-state index in [1.54, 1.807) is 0 Å². The number of allylic oxidation sites excluding steroid dienone is 1. The highest BCUT2D eigenvalue weighted by atomic mass is 32.2. The molecule has 4 aliphatic heterocycles. The van der Waals surface area contributed by atoms with E-state index in [0.29, 0.717) is 30.1 Å². The summed E-state index contributed by atoms with van der Waals surface area (Å²) in [6.07, 6.45) is 1.85. The second-order valence-corrected chi connectivity index (χ2v) is 8.33. The third-order valence-corrected chi connectivity index (χ3v) is 7.21. The normalized spacial score (nSPS) is 39.8. The fourth-order valence-electron chi connectivity index (χ4n) is 4.30. The third kappa shape index (κ3) is 2.32. The summed E-state index contributed by atoms with van der Waals surface area (Å²) in [6.45, 7) is 5.08. The van der Waals surface area contributed by atoms with E-state index in [0.717, 1.165) is 18.7 Å². The third-order valence-electron chi connectivity index (χ3n) is 5.60. The van der Waals surface area contributed by atoms with Gasteiger partial charge in [0.05, 0.1) is 12.0 Å². The molecule has 0 spiro atoms. The minimum atomic E-state index is -0.231. The molecule has 0 aromatic rings. The molecule has 4 rings (SSSR count). The van der Waals surface area contributed by atoms with Crippen LogP contribution in [0.2, 0.25) is 0 Å². The van der Waals surface area contributed by atoms with Crippen molar-refractivity contribution in [3.05, 3.63) is 10.6 Å². The lowest BCUT2D eigenvalue weighted by Gasteiger charge is -2.37. The van der Waals surface area contributed by atoms with Gasteiger partial charge in [0.15, 0.2) is 0 Å². The molecule has 124 valence electrons. The number of imide groups is 1. The molecule has 0 aliphatic carbocycles. The monoisotopic (exact) mass is 335 g/mol. The topological polar surface area (TPSA) is 78.5 Å². The first-order chi connectivity index (χ1) is 11.0. The molecule has 5 atom stereocenters. The van der Waals surface area contributed by atoms with Gasteiger partial charge in [-0.15, -0.1) is 11.8 Å². The zero-order valence-corrected chi connectivity index (χ0v) is 14.1. The van der Waals surface area contributed by atoms with Gasteiger partial charge in [-0.05, 0) is 13.3 Å². The molecule has 4 heterocycles. The van der Waals surface area contributed by atoms with Crippen molar-refractivity contribution in [1.29, 1.82) is 0 Å². The van der Waals surface area contributed by atoms with Crippen LogP contribution in [0.15, 0.2) is 10.6 Å². The predicted octanol–water partition coefficient (Wildman–Crippen LogP) is 0.595. The predicted molar refractivity (Wildman–Crippen MR) is 86.2 cm³/mol. The van der Waals surface area contributed by atoms with Crippen LogP contribution in [0.3, 0.4) is 0 Å². The smallest absolute Gasteiger partial charge is 0.231 e. The van der Waals surface area contributed by atoms with Gasteiger partial charge in [0.2, 0.25) is 17.7 Å². The molecule has 3 saturated heterocycles. The van der Waals surface area contributed by atoms with E-state index in [4.69, 9.17) is 0 Å². The molecule has 3 amide bonds. The maximum atomic E-state index is 11.8. The van der Waals surface area contributed by atoms with Gasteiger partial charge in [-0.2, -0.15) is 0 Å². The number of thioether (sulfide) groups is 1. The molecule has 0 aromatic heterocycles. The number of β-lactam (4-membered cyclic amide) rings is 1. The summed E-state index contributed by atoms with van der Waals surface area (Å²) in [5.41, 5.74) is 1.11. The molecule has 0 saturated carbocycles. The molecule has 6 nitrogen and oxygen atoms in total. The van der Waals surface area contributed by atoms with Gasteiger partial charge in [0, 0.05) is 47.2 Å². The van der Waals surface area contributed by atoms with Crippen molar-refractivity contribution in [1.82, 2.24) is 15.5 Å². The number of nitrogens with zero attached hydrogens (tertiary/aromatic N) is 1. The van der Waals surface area contributed by atoms with Crippen LogP contribution in [0.1, 0.15) is 33.1 Å². The second-order valence-electron chi connectivity index (χ2n) is 6.99. The van der Waals surface area contributed by atoms with Crippen LogP contribution < -0.4 is 10.6 Å². The Bertz CT molecular complexity index is 632. The Kier molecular flexibility index (Phi) is 3.53. The highest BCUT2D eigenvalue weighted by molar-refractivity contribution is 8.03. The lowest BCUT2D eigenvalue weighted by Crippen LogP contribution is -2.50. The summed E-state index contributed by atoms with van der Waals surface area (Å²) in [5.74, 6) is 0.110. The van der Waals surface area contributed by atoms with Gasteiger partial charge in [-0.25, -0.2) is 0 Å². The molecular formula is C16H21N3O3S. The van der Waals surface area contributed by atoms with Crippen LogP contribution in [0.5, 0.6) is 0 Å².